The van der Waals surface area contributed by atoms with Crippen LogP contribution in [0.25, 0.3) is 0 Å². The quantitative estimate of drug-likeness (QED) is 0.515. The monoisotopic (exact) mass is 526 g/mol. The number of aliphatic hydroxyl groups is 2. The van der Waals surface area contributed by atoms with Gasteiger partial charge in [0.2, 0.25) is 0 Å². The van der Waals surface area contributed by atoms with Crippen molar-refractivity contribution in [1.82, 2.24) is 0 Å². The Balaban J connectivity index is 1.37. The Morgan fingerprint density at radius 3 is 2.50 bits per heavy atom. The van der Waals surface area contributed by atoms with Gasteiger partial charge in [-0.05, 0) is 74.3 Å². The number of carboxylic acids is 1. The second kappa shape index (κ2) is 8.93. The van der Waals surface area contributed by atoms with Gasteiger partial charge in [0.05, 0.1) is 18.3 Å². The number of ether oxygens (including phenoxy) is 1. The molecule has 204 valence electrons. The van der Waals surface area contributed by atoms with Gasteiger partial charge >= 0.3 is 5.97 Å². The first-order valence-corrected chi connectivity index (χ1v) is 13.3. The number of ketones is 2. The van der Waals surface area contributed by atoms with E-state index in [1.54, 1.807) is 39.0 Å². The van der Waals surface area contributed by atoms with E-state index in [4.69, 9.17) is 9.84 Å². The molecule has 1 aromatic carbocycles. The van der Waals surface area contributed by atoms with Gasteiger partial charge in [-0.2, -0.15) is 0 Å². The molecule has 0 aliphatic heterocycles. The van der Waals surface area contributed by atoms with Crippen LogP contribution >= 0.6 is 0 Å². The summed E-state index contributed by atoms with van der Waals surface area (Å²) in [5, 5.41) is 32.5. The first kappa shape index (κ1) is 26.9. The third kappa shape index (κ3) is 3.53. The van der Waals surface area contributed by atoms with Crippen LogP contribution in [-0.4, -0.2) is 56.8 Å². The summed E-state index contributed by atoms with van der Waals surface area (Å²) in [5.74, 6) is -3.11. The standard InChI is InChI=1S/C30H35FO7/c1-17-12-23-22-9-8-20-13-21(32)10-11-27(20,2)29(22,31)24(33)14-28(23,3)30(17,37)25(34)16-38-15-18-4-6-19(7-5-18)26(35)36/h4-7,10-11,13,17,22-24,33,37H,8-9,12,14-16H2,1-3H3,(H,35,36)/t17-,22+,23+,24+,27+,28+,29+,30+/m1/s1. The number of carboxylic acid groups (broad SMARTS) is 1. The summed E-state index contributed by atoms with van der Waals surface area (Å²) in [6, 6.07) is 6.12. The predicted octanol–water partition coefficient (Wildman–Crippen LogP) is 3.82. The van der Waals surface area contributed by atoms with E-state index in [2.05, 4.69) is 0 Å². The Kier molecular flexibility index (Phi) is 6.32. The summed E-state index contributed by atoms with van der Waals surface area (Å²) in [6.07, 6.45) is 4.32. The van der Waals surface area contributed by atoms with E-state index >= 15 is 4.39 Å². The molecule has 8 heteroatoms. The van der Waals surface area contributed by atoms with Crippen LogP contribution in [0.5, 0.6) is 0 Å². The van der Waals surface area contributed by atoms with E-state index in [1.807, 2.05) is 0 Å². The summed E-state index contributed by atoms with van der Waals surface area (Å²) in [7, 11) is 0. The first-order valence-electron chi connectivity index (χ1n) is 13.3. The lowest BCUT2D eigenvalue weighted by atomic mass is 9.44. The molecule has 38 heavy (non-hydrogen) atoms. The minimum atomic E-state index is -2.02. The topological polar surface area (TPSA) is 121 Å². The molecule has 0 saturated heterocycles. The number of hydrogen-bond acceptors (Lipinski definition) is 6. The van der Waals surface area contributed by atoms with Crippen molar-refractivity contribution < 1.29 is 38.8 Å². The van der Waals surface area contributed by atoms with Gasteiger partial charge in [-0.15, -0.1) is 0 Å². The SMILES string of the molecule is C[C@@H]1C[C@H]2[C@@H]3CCC4=CC(=O)C=C[C@]4(C)[C@@]3(F)[C@@H](O)C[C@]2(C)[C@@]1(O)C(=O)COCc1ccc(C(=O)O)cc1. The average Bonchev–Trinajstić information content (AvgIpc) is 3.07. The minimum absolute atomic E-state index is 0.0631. The lowest BCUT2D eigenvalue weighted by molar-refractivity contribution is -0.220. The van der Waals surface area contributed by atoms with Crippen LogP contribution in [0.1, 0.15) is 62.4 Å². The van der Waals surface area contributed by atoms with Crippen molar-refractivity contribution in [3.8, 4) is 0 Å². The number of hydrogen-bond donors (Lipinski definition) is 3. The largest absolute Gasteiger partial charge is 0.478 e. The number of aliphatic hydroxyl groups excluding tert-OH is 1. The van der Waals surface area contributed by atoms with E-state index < -0.39 is 51.8 Å². The minimum Gasteiger partial charge on any atom is -0.478 e. The van der Waals surface area contributed by atoms with E-state index in [-0.39, 0.29) is 36.9 Å². The number of aromatic carboxylic acids is 1. The Morgan fingerprint density at radius 2 is 1.84 bits per heavy atom. The van der Waals surface area contributed by atoms with E-state index in [0.29, 0.717) is 30.4 Å². The fourth-order valence-electron chi connectivity index (χ4n) is 8.26. The van der Waals surface area contributed by atoms with Crippen molar-refractivity contribution in [2.24, 2.45) is 28.6 Å². The highest BCUT2D eigenvalue weighted by atomic mass is 19.1. The molecule has 3 saturated carbocycles. The molecule has 0 heterocycles. The van der Waals surface area contributed by atoms with Crippen LogP contribution in [0, 0.1) is 28.6 Å². The summed E-state index contributed by atoms with van der Waals surface area (Å²) in [6.45, 7) is 5.04. The molecule has 3 N–H and O–H groups in total. The molecule has 0 unspecified atom stereocenters. The molecule has 0 radical (unpaired) electrons. The maximum Gasteiger partial charge on any atom is 0.335 e. The fraction of sp³-hybridized carbons (Fsp3) is 0.567. The van der Waals surface area contributed by atoms with Gasteiger partial charge in [0.1, 0.15) is 12.2 Å². The van der Waals surface area contributed by atoms with Gasteiger partial charge in [0.15, 0.2) is 17.2 Å². The number of halogens is 1. The zero-order valence-corrected chi connectivity index (χ0v) is 21.9. The second-order valence-electron chi connectivity index (χ2n) is 12.1. The second-order valence-corrected chi connectivity index (χ2v) is 12.1. The fourth-order valence-corrected chi connectivity index (χ4v) is 8.26. The number of alkyl halides is 1. The third-order valence-electron chi connectivity index (χ3n) is 10.4. The van der Waals surface area contributed by atoms with Gasteiger partial charge in [-0.1, -0.05) is 37.6 Å². The van der Waals surface area contributed by atoms with E-state index in [1.165, 1.54) is 24.3 Å². The molecule has 3 fully saturated rings. The third-order valence-corrected chi connectivity index (χ3v) is 10.4. The Labute approximate surface area is 221 Å². The molecule has 0 amide bonds. The zero-order chi connectivity index (χ0) is 27.7. The molecule has 5 rings (SSSR count). The molecule has 7 nitrogen and oxygen atoms in total. The highest BCUT2D eigenvalue weighted by Crippen LogP contribution is 2.70. The highest BCUT2D eigenvalue weighted by molar-refractivity contribution is 6.01. The smallest absolute Gasteiger partial charge is 0.335 e. The van der Waals surface area contributed by atoms with Crippen LogP contribution in [0.15, 0.2) is 48.1 Å². The maximum atomic E-state index is 17.2. The average molecular weight is 527 g/mol. The van der Waals surface area contributed by atoms with Crippen LogP contribution in [0.3, 0.4) is 0 Å². The van der Waals surface area contributed by atoms with Crippen molar-refractivity contribution in [3.63, 3.8) is 0 Å². The highest BCUT2D eigenvalue weighted by Gasteiger charge is 2.75. The van der Waals surface area contributed by atoms with Crippen LogP contribution in [0.2, 0.25) is 0 Å². The van der Waals surface area contributed by atoms with Crippen LogP contribution in [-0.2, 0) is 20.9 Å². The molecule has 8 atom stereocenters. The lowest BCUT2D eigenvalue weighted by Gasteiger charge is -2.62. The summed E-state index contributed by atoms with van der Waals surface area (Å²) >= 11 is 0. The van der Waals surface area contributed by atoms with Crippen molar-refractivity contribution >= 4 is 17.5 Å². The number of allylic oxidation sites excluding steroid dienone is 4. The molecule has 1 aromatic rings. The zero-order valence-electron chi connectivity index (χ0n) is 21.9. The molecule has 4 aliphatic rings. The van der Waals surface area contributed by atoms with Gasteiger partial charge in [-0.25, -0.2) is 9.18 Å². The van der Waals surface area contributed by atoms with Gasteiger partial charge in [-0.3, -0.25) is 9.59 Å². The van der Waals surface area contributed by atoms with E-state index in [9.17, 15) is 24.6 Å². The van der Waals surface area contributed by atoms with Crippen LogP contribution in [0.4, 0.5) is 4.39 Å². The summed E-state index contributed by atoms with van der Waals surface area (Å²) in [5.41, 5.74) is -4.49. The predicted molar refractivity (Wildman–Crippen MR) is 136 cm³/mol. The number of fused-ring (bicyclic) bond motifs is 5. The molecular weight excluding hydrogens is 491 g/mol. The van der Waals surface area contributed by atoms with Crippen LogP contribution < -0.4 is 0 Å². The van der Waals surface area contributed by atoms with E-state index in [0.717, 1.165) is 0 Å². The number of rotatable bonds is 6. The normalized spacial score (nSPS) is 41.6. The van der Waals surface area contributed by atoms with Gasteiger partial charge in [0.25, 0.3) is 0 Å². The number of carbonyl (C=O) groups excluding carboxylic acids is 2. The van der Waals surface area contributed by atoms with Crippen molar-refractivity contribution in [2.45, 2.75) is 70.4 Å². The van der Waals surface area contributed by atoms with Crippen molar-refractivity contribution in [1.29, 1.82) is 0 Å². The Hall–Kier alpha value is -2.68. The first-order chi connectivity index (χ1) is 17.8. The Morgan fingerprint density at radius 1 is 1.16 bits per heavy atom. The lowest BCUT2D eigenvalue weighted by Crippen LogP contribution is -2.69. The van der Waals surface area contributed by atoms with Gasteiger partial charge in [0, 0.05) is 16.7 Å². The Bertz CT molecular complexity index is 1240. The summed E-state index contributed by atoms with van der Waals surface area (Å²) in [4.78, 5) is 36.6. The molecule has 0 bridgehead atoms. The number of benzene rings is 1. The van der Waals surface area contributed by atoms with Crippen molar-refractivity contribution in [3.05, 3.63) is 59.2 Å². The summed E-state index contributed by atoms with van der Waals surface area (Å²) < 4.78 is 22.9. The number of Topliss-reactive ketones (excluding diaryl/α,β-unsaturated/α-hetero) is 1. The molecule has 0 aromatic heterocycles. The molecule has 0 spiro atoms. The number of carbonyl (C=O) groups is 3. The molecular formula is C30H35FO7. The molecule has 4 aliphatic carbocycles. The van der Waals surface area contributed by atoms with Gasteiger partial charge < -0.3 is 20.1 Å². The maximum absolute atomic E-state index is 17.2. The van der Waals surface area contributed by atoms with Crippen molar-refractivity contribution in [2.75, 3.05) is 6.61 Å².